The topological polar surface area (TPSA) is 195 Å². The molecule has 3 N–H and O–H groups in total. The van der Waals surface area contributed by atoms with E-state index in [2.05, 4.69) is 29.9 Å². The zero-order chi connectivity index (χ0) is 86.7. The van der Waals surface area contributed by atoms with Gasteiger partial charge in [0, 0.05) is 105 Å². The van der Waals surface area contributed by atoms with Gasteiger partial charge in [-0.15, -0.1) is 34.0 Å². The van der Waals surface area contributed by atoms with Gasteiger partial charge in [-0.05, 0) is 129 Å². The van der Waals surface area contributed by atoms with Gasteiger partial charge in [-0.3, -0.25) is 14.7 Å². The normalized spacial score (nSPS) is 28.4. The van der Waals surface area contributed by atoms with Crippen molar-refractivity contribution in [3.63, 3.8) is 0 Å². The number of aromatic nitrogens is 6. The first-order valence-electron chi connectivity index (χ1n) is 40.1. The van der Waals surface area contributed by atoms with Crippen molar-refractivity contribution in [2.45, 2.75) is 96.7 Å². The molecule has 420 valence electrons. The van der Waals surface area contributed by atoms with Crippen LogP contribution in [-0.2, 0) is 19.5 Å². The molecule has 3 aromatic carbocycles. The molecule has 0 spiro atoms. The number of nitriles is 3. The monoisotopic (exact) mass is 1240 g/mol. The lowest BCUT2D eigenvalue weighted by Gasteiger charge is -2.32. The van der Waals surface area contributed by atoms with Crippen LogP contribution in [0.4, 0.5) is 21.8 Å². The van der Waals surface area contributed by atoms with Gasteiger partial charge < -0.3 is 15.9 Å². The molecule has 0 radical (unpaired) electrons. The second-order valence-electron chi connectivity index (χ2n) is 17.1. The van der Waals surface area contributed by atoms with Gasteiger partial charge in [0.1, 0.15) is 66.9 Å². The van der Waals surface area contributed by atoms with Crippen molar-refractivity contribution in [1.29, 1.82) is 15.8 Å². The van der Waals surface area contributed by atoms with Crippen molar-refractivity contribution in [2.24, 2.45) is 0 Å². The quantitative estimate of drug-likeness (QED) is 0.104. The number of nitrogens with zero attached hydrogens (tertiary/aromatic N) is 12. The van der Waals surface area contributed by atoms with Gasteiger partial charge in [-0.25, -0.2) is 34.3 Å². The van der Waals surface area contributed by atoms with Crippen LogP contribution < -0.4 is 15.9 Å². The summed E-state index contributed by atoms with van der Waals surface area (Å²) in [6.45, 7) is -17.4. The Morgan fingerprint density at radius 3 is 1.45 bits per heavy atom. The van der Waals surface area contributed by atoms with Crippen LogP contribution in [0.5, 0.6) is 0 Å². The number of piperidine rings is 3. The minimum atomic E-state index is -3.92. The van der Waals surface area contributed by atoms with Crippen molar-refractivity contribution in [3.8, 4) is 18.2 Å². The van der Waals surface area contributed by atoms with Crippen LogP contribution in [0.2, 0.25) is 17.2 Å². The van der Waals surface area contributed by atoms with Gasteiger partial charge in [-0.1, -0.05) is 65.1 Å². The Morgan fingerprint density at radius 1 is 0.585 bits per heavy atom. The van der Waals surface area contributed by atoms with Crippen LogP contribution >= 0.6 is 68.8 Å². The van der Waals surface area contributed by atoms with Crippen LogP contribution in [0, 0.1) is 60.6 Å². The maximum Gasteiger partial charge on any atom is 0.162 e. The lowest BCUT2D eigenvalue weighted by molar-refractivity contribution is 0.211. The number of likely N-dealkylation sites (tertiary alicyclic amines) is 3. The SMILES string of the molecule is [2H]c1nc(N([2H])C2([2H])C([2H])([2H])C([2H])([2H])N(C([2H])([2H])c3ccc(C)c(C#N)c3)C([2H])([2H])C2([2H])[2H])c2c([2H])c(Cl)sc2n1.[2H]c1nc(N([2H])C2([2H])C([2H])([2H])CN(C([2H])c3cc(C)c(F)c(C#N)c3)CC2([2H])[2H])c2c([2H])c(Cl)sc2n1.[2H]c1nc(N([2H])C2([2H])CC([2H])([2H])N(C([2H])([2H])c3ccc(C)c(C#N)c3)C([2H])([2H])C2)c2c([2H])c(Cl)sc2n1. The zero-order valence-electron chi connectivity index (χ0n) is 75.5. The predicted molar refractivity (Wildman–Crippen MR) is 331 cm³/mol. The Hall–Kier alpha value is -6.67. The molecule has 3 aliphatic heterocycles. The van der Waals surface area contributed by atoms with Crippen LogP contribution in [-0.4, -0.2) is 102 Å². The number of hydrogen-bond acceptors (Lipinski definition) is 18. The number of halogens is 4. The summed E-state index contributed by atoms with van der Waals surface area (Å²) in [6, 6.07) is 5.32. The molecular formula is C60H59Cl3FN15S3. The van der Waals surface area contributed by atoms with Gasteiger partial charge in [0.2, 0.25) is 0 Å². The standard InChI is InChI=1S/C20H19ClFN5S.2C20H20ClN5S/c1-12-6-13(7-14(9-23)18(12)22)10-27-4-2-15(3-5-27)26-19-16-8-17(21)28-20(16)25-11-24-19;2*1-13-2-3-14(8-15(13)10-22)11-26-6-4-16(5-7-26)25-19-17-9-18(21)27-20(17)24-12-23-19/h6-8,11,15H,2-5,10H2,1H3,(H,24,25,26);2*2-3,8-9,12,16H,4-7,11H2,1H3,(H,23,24,25)/i2D2,3D2,8D,10D,11D,15D;4D2,5D2,6D2,7D2,9D,11D2,12D,16D;6D2,7D2,9D,11D2,12D,16D/hD3. The van der Waals surface area contributed by atoms with Gasteiger partial charge in [0.25, 0.3) is 0 Å². The lowest BCUT2D eigenvalue weighted by atomic mass is 10.0. The average Bonchev–Trinajstić information content (AvgIpc) is 0.975. The number of aryl methyl sites for hydroxylation is 3. The number of hydrogen-bond donors (Lipinski definition) is 3. The first-order chi connectivity index (χ1) is 52.5. The van der Waals surface area contributed by atoms with Crippen molar-refractivity contribution in [3.05, 3.63) is 154 Å². The summed E-state index contributed by atoms with van der Waals surface area (Å²) >= 11 is 20.5. The number of anilines is 3. The highest BCUT2D eigenvalue weighted by Gasteiger charge is 2.25. The number of nitrogens with one attached hydrogen (secondary N) is 3. The third-order valence-corrected chi connectivity index (χ3v) is 14.7. The second-order valence-corrected chi connectivity index (χ2v) is 21.9. The Bertz CT molecular complexity index is 5480. The van der Waals surface area contributed by atoms with E-state index in [0.29, 0.717) is 32.7 Å². The molecule has 3 saturated heterocycles. The Morgan fingerprint density at radius 2 is 1.00 bits per heavy atom. The molecule has 0 amide bonds. The van der Waals surface area contributed by atoms with Crippen molar-refractivity contribution < 1.29 is 49.7 Å². The van der Waals surface area contributed by atoms with Crippen molar-refractivity contribution in [1.82, 2.24) is 44.6 Å². The van der Waals surface area contributed by atoms with E-state index in [9.17, 15) is 20.2 Å². The summed E-state index contributed by atoms with van der Waals surface area (Å²) in [6.07, 6.45) is -17.0. The summed E-state index contributed by atoms with van der Waals surface area (Å²) in [5.41, 5.74) is 0.439. The Balaban J connectivity index is 0.000000183. The molecule has 82 heavy (non-hydrogen) atoms. The third kappa shape index (κ3) is 14.7. The molecule has 3 fully saturated rings. The highest BCUT2D eigenvalue weighted by atomic mass is 35.5. The summed E-state index contributed by atoms with van der Waals surface area (Å²) in [7, 11) is 0. The van der Waals surface area contributed by atoms with Gasteiger partial charge in [0.05, 0.1) is 66.2 Å². The van der Waals surface area contributed by atoms with Gasteiger partial charge in [0.15, 0.2) is 4.24 Å². The molecule has 1 unspecified atom stereocenters. The minimum Gasteiger partial charge on any atom is -0.367 e. The fourth-order valence-corrected chi connectivity index (χ4v) is 10.4. The molecule has 12 rings (SSSR count). The van der Waals surface area contributed by atoms with E-state index in [1.165, 1.54) is 37.3 Å². The fraction of sp³-hybridized carbons (Fsp3) is 0.350. The van der Waals surface area contributed by atoms with Crippen LogP contribution in [0.3, 0.4) is 0 Å². The Kier molecular flexibility index (Phi) is 10.0. The van der Waals surface area contributed by atoms with Crippen LogP contribution in [0.15, 0.2) is 85.6 Å². The number of rotatable bonds is 12. The highest BCUT2D eigenvalue weighted by molar-refractivity contribution is 7.23. The number of fused-ring (bicyclic) bond motifs is 3. The van der Waals surface area contributed by atoms with E-state index in [1.54, 1.807) is 19.9 Å². The summed E-state index contributed by atoms with van der Waals surface area (Å²) in [4.78, 5) is 24.1. The summed E-state index contributed by atoms with van der Waals surface area (Å²) < 4.78 is 297. The molecule has 9 aromatic rings. The predicted octanol–water partition coefficient (Wildman–Crippen LogP) is 13.9. The molecule has 9 heterocycles. The van der Waals surface area contributed by atoms with Gasteiger partial charge in [-0.2, -0.15) is 15.8 Å². The van der Waals surface area contributed by atoms with E-state index in [4.69, 9.17) is 80.2 Å². The van der Waals surface area contributed by atoms with E-state index in [0.717, 1.165) is 45.8 Å². The number of thiophene rings is 3. The molecule has 0 aliphatic carbocycles. The van der Waals surface area contributed by atoms with Gasteiger partial charge >= 0.3 is 0 Å². The van der Waals surface area contributed by atoms with Crippen LogP contribution in [0.25, 0.3) is 30.6 Å². The Labute approximate surface area is 549 Å². The molecule has 22 heteroatoms. The van der Waals surface area contributed by atoms with E-state index < -0.39 is 163 Å². The minimum absolute atomic E-state index is 0.0183. The number of benzene rings is 3. The second kappa shape index (κ2) is 27.2. The molecular weight excluding hydrogens is 1150 g/mol. The summed E-state index contributed by atoms with van der Waals surface area (Å²) in [5, 5.41) is 27.9. The van der Waals surface area contributed by atoms with Crippen molar-refractivity contribution in [2.75, 3.05) is 55.0 Å². The first-order valence-corrected chi connectivity index (χ1v) is 27.3. The van der Waals surface area contributed by atoms with E-state index in [-0.39, 0.29) is 110 Å². The van der Waals surface area contributed by atoms with Crippen LogP contribution in [0.1, 0.15) is 130 Å². The lowest BCUT2D eigenvalue weighted by Crippen LogP contribution is -2.38. The molecule has 0 saturated carbocycles. The van der Waals surface area contributed by atoms with Crippen molar-refractivity contribution >= 4 is 117 Å². The largest absolute Gasteiger partial charge is 0.367 e. The maximum atomic E-state index is 14.1. The molecule has 3 aliphatic rings. The molecule has 6 aromatic heterocycles. The molecule has 1 atom stereocenters. The first kappa shape index (κ1) is 30.2. The zero-order valence-corrected chi connectivity index (χ0v) is 47.2. The third-order valence-electron chi connectivity index (χ3n) is 11.4. The highest BCUT2D eigenvalue weighted by Crippen LogP contribution is 2.35. The summed E-state index contributed by atoms with van der Waals surface area (Å²) in [5.74, 6) is -2.48. The van der Waals surface area contributed by atoms with E-state index >= 15 is 0 Å². The smallest absolute Gasteiger partial charge is 0.162 e. The van der Waals surface area contributed by atoms with E-state index in [1.807, 2.05) is 12.1 Å². The fourth-order valence-electron chi connectivity index (χ4n) is 7.45. The molecule has 0 bridgehead atoms. The maximum absolute atomic E-state index is 14.1. The average molecular weight is 1240 g/mol. The molecule has 15 nitrogen and oxygen atoms in total.